The zero-order chi connectivity index (χ0) is 76.4. The van der Waals surface area contributed by atoms with Gasteiger partial charge in [-0.1, -0.05) is 135 Å². The van der Waals surface area contributed by atoms with E-state index < -0.39 is 47.0 Å². The maximum absolute atomic E-state index is 11.3. The summed E-state index contributed by atoms with van der Waals surface area (Å²) in [4.78, 5) is 116. The van der Waals surface area contributed by atoms with Crippen LogP contribution in [0.25, 0.3) is 0 Å². The van der Waals surface area contributed by atoms with E-state index in [4.69, 9.17) is 44.8 Å². The van der Waals surface area contributed by atoms with E-state index in [0.717, 1.165) is 103 Å². The number of carboxylic acid groups (broad SMARTS) is 2. The van der Waals surface area contributed by atoms with Crippen LogP contribution in [0.15, 0.2) is 0 Å². The van der Waals surface area contributed by atoms with Crippen LogP contribution in [0.5, 0.6) is 0 Å². The van der Waals surface area contributed by atoms with E-state index in [9.17, 15) is 47.9 Å². The monoisotopic (exact) mass is 1380 g/mol. The minimum Gasteiger partial charge on any atom is -0.481 e. The second-order valence-corrected chi connectivity index (χ2v) is 28.3. The van der Waals surface area contributed by atoms with E-state index in [1.54, 1.807) is 20.8 Å². The van der Waals surface area contributed by atoms with E-state index in [1.807, 2.05) is 90.0 Å². The van der Waals surface area contributed by atoms with Crippen molar-refractivity contribution in [3.05, 3.63) is 0 Å². The summed E-state index contributed by atoms with van der Waals surface area (Å²) in [6, 6.07) is 0. The van der Waals surface area contributed by atoms with E-state index in [2.05, 4.69) is 66.3 Å². The van der Waals surface area contributed by atoms with Crippen molar-refractivity contribution in [2.24, 2.45) is 59.2 Å². The van der Waals surface area contributed by atoms with Crippen LogP contribution in [-0.4, -0.2) is 161 Å². The highest BCUT2D eigenvalue weighted by Gasteiger charge is 2.26. The number of piperidine rings is 2. The van der Waals surface area contributed by atoms with E-state index in [1.165, 1.54) is 40.5 Å². The minimum atomic E-state index is -0.981. The Balaban J connectivity index is -0.000000188. The van der Waals surface area contributed by atoms with Gasteiger partial charge in [-0.15, -0.1) is 0 Å². The first-order valence-corrected chi connectivity index (χ1v) is 34.7. The third-order valence-electron chi connectivity index (χ3n) is 14.9. The fraction of sp³-hybridized carbons (Fsp3) is 0.861. The second-order valence-electron chi connectivity index (χ2n) is 28.3. The van der Waals surface area contributed by atoms with Crippen molar-refractivity contribution in [3.8, 4) is 0 Å². The number of methoxy groups -OCH3 is 2. The molecule has 2 aliphatic heterocycles. The third-order valence-corrected chi connectivity index (χ3v) is 14.9. The van der Waals surface area contributed by atoms with Gasteiger partial charge in [-0.2, -0.15) is 10.5 Å². The second kappa shape index (κ2) is 63.2. The molecule has 0 amide bonds. The lowest BCUT2D eigenvalue weighted by molar-refractivity contribution is -0.235. The Morgan fingerprint density at radius 2 is 0.781 bits per heavy atom. The Labute approximate surface area is 579 Å². The molecule has 2 rings (SSSR count). The van der Waals surface area contributed by atoms with Crippen molar-refractivity contribution in [2.75, 3.05) is 53.6 Å². The number of carbonyl (C=O) groups is 10. The first-order chi connectivity index (χ1) is 44.3. The maximum Gasteiger partial charge on any atom is 0.342 e. The van der Waals surface area contributed by atoms with Crippen LogP contribution in [0, 0.1) is 59.2 Å². The number of hydrogen-bond acceptors (Lipinski definition) is 22. The van der Waals surface area contributed by atoms with Crippen LogP contribution in [0.1, 0.15) is 275 Å². The standard InChI is InChI=1S/C13H25NO2.C10H20O2.C9H16O4.C9H18O3.C7H13NO2.2C6H12O3.C6H12O2.C6H12O/c1-4-11(2)5-8-14-9-6-12(7-10-14)13(15)16-3;1-6-8(2)7-9(11)12-10(3,4)5;1-6(8(11)12)5-7(10)13-9(2,3)4;1-7(6-10)5-8(11)12-9(2,3)4;1-10-7(9)6-2-4-8-5-3-6;2*1-3-5(2)4-6(7)9-8;1-3-5(2)4-6(7)8;1-3-6(2)4-5-7/h11-12H,4-10H2,1-3H3;8H,6-7H2,1-5H3;6H,5H2,1-4H3,(H,11,12);7,10H,5-6H2,1-4H3;6,8H,2-5H2,1H3;2*5,8H,3-4H2,1-2H3;5H,3-4H2,1-2H3,(H,7,8);5-6H,3-4H2,1-2H3/t11-;8-;6-;7-;;3*5-;6-/m0011.0000/s1. The molecule has 2 aliphatic rings. The number of aldehydes is 1. The number of nitrogens with one attached hydrogen (secondary N) is 1. The van der Waals surface area contributed by atoms with Gasteiger partial charge in [-0.3, -0.25) is 33.6 Å². The summed E-state index contributed by atoms with van der Waals surface area (Å²) in [7, 11) is 2.93. The Morgan fingerprint density at radius 1 is 0.469 bits per heavy atom. The Morgan fingerprint density at radius 3 is 1.04 bits per heavy atom. The molecule has 24 nitrogen and oxygen atoms in total. The highest BCUT2D eigenvalue weighted by Crippen LogP contribution is 2.21. The summed E-state index contributed by atoms with van der Waals surface area (Å²) in [5, 5.41) is 44.3. The molecule has 0 bridgehead atoms. The van der Waals surface area contributed by atoms with Gasteiger partial charge in [0, 0.05) is 25.9 Å². The molecule has 0 aromatic carbocycles. The number of aliphatic hydroxyl groups is 1. The van der Waals surface area contributed by atoms with Crippen LogP contribution in [0.4, 0.5) is 0 Å². The largest absolute Gasteiger partial charge is 0.481 e. The maximum atomic E-state index is 11.3. The molecule has 0 spiro atoms. The van der Waals surface area contributed by atoms with Gasteiger partial charge >= 0.3 is 53.7 Å². The number of carbonyl (C=O) groups excluding carboxylic acids is 8. The molecular weight excluding hydrogens is 1240 g/mol. The van der Waals surface area contributed by atoms with E-state index in [0.29, 0.717) is 55.3 Å². The van der Waals surface area contributed by atoms with Gasteiger partial charge in [0.25, 0.3) is 0 Å². The van der Waals surface area contributed by atoms with Crippen LogP contribution < -0.4 is 5.32 Å². The normalized spacial score (nSPS) is 15.4. The molecule has 0 aromatic rings. The molecule has 0 saturated carbocycles. The highest BCUT2D eigenvalue weighted by atomic mass is 17.1. The first-order valence-electron chi connectivity index (χ1n) is 34.7. The van der Waals surface area contributed by atoms with Gasteiger partial charge < -0.3 is 63.8 Å². The molecule has 0 radical (unpaired) electrons. The fourth-order valence-electron chi connectivity index (χ4n) is 7.36. The summed E-state index contributed by atoms with van der Waals surface area (Å²) in [5.41, 5.74) is -1.31. The lowest BCUT2D eigenvalue weighted by Crippen LogP contribution is -2.37. The van der Waals surface area contributed by atoms with Gasteiger partial charge in [0.05, 0.1) is 57.7 Å². The van der Waals surface area contributed by atoms with Crippen LogP contribution >= 0.6 is 0 Å². The fourth-order valence-corrected chi connectivity index (χ4v) is 7.36. The topological polar surface area (TPSA) is 352 Å². The predicted octanol–water partition coefficient (Wildman–Crippen LogP) is 14.0. The van der Waals surface area contributed by atoms with Crippen LogP contribution in [0.2, 0.25) is 0 Å². The number of aliphatic hydroxyl groups excluding tert-OH is 1. The van der Waals surface area contributed by atoms with Crippen molar-refractivity contribution in [1.82, 2.24) is 10.2 Å². The van der Waals surface area contributed by atoms with Crippen LogP contribution in [0.3, 0.4) is 0 Å². The van der Waals surface area contributed by atoms with Crippen molar-refractivity contribution in [2.45, 2.75) is 292 Å². The molecule has 2 heterocycles. The van der Waals surface area contributed by atoms with Crippen molar-refractivity contribution >= 4 is 60.0 Å². The highest BCUT2D eigenvalue weighted by molar-refractivity contribution is 5.78. The molecule has 8 atom stereocenters. The number of esters is 5. The molecule has 0 unspecified atom stereocenters. The molecular formula is C72H140N2O22. The molecule has 0 aliphatic carbocycles. The molecule has 96 heavy (non-hydrogen) atoms. The van der Waals surface area contributed by atoms with E-state index >= 15 is 0 Å². The molecule has 24 heteroatoms. The average molecular weight is 1390 g/mol. The molecule has 2 saturated heterocycles. The number of likely N-dealkylation sites (tertiary alicyclic amines) is 1. The SMILES string of the molecule is CC[C@H](C)CC(=O)O.CC[C@H](C)CC(=O)OC(C)(C)C.CC[C@H](C)CC(=O)OO.CC[C@H](C)CC(=O)OO.CC[C@H](C)CC=O.CC[C@H](C)CCN1CCC(C(=O)OC)CC1.COC(=O)C1CCNCC1.C[C@@H](CO)CC(=O)OC(C)(C)C.C[C@H](CC(=O)OC(C)(C)C)C(=O)O. The van der Waals surface area contributed by atoms with Gasteiger partial charge in [-0.25, -0.2) is 9.59 Å². The molecule has 2 fully saturated rings. The number of nitrogens with zero attached hydrogens (tertiary/aromatic N) is 1. The van der Waals surface area contributed by atoms with Crippen molar-refractivity contribution in [1.29, 1.82) is 0 Å². The Kier molecular flexibility index (Phi) is 68.5. The average Bonchev–Trinajstić information content (AvgIpc) is 0.999. The lowest BCUT2D eigenvalue weighted by atomic mass is 9.96. The van der Waals surface area contributed by atoms with Gasteiger partial charge in [-0.05, 0) is 169 Å². The summed E-state index contributed by atoms with van der Waals surface area (Å²) < 4.78 is 24.6. The van der Waals surface area contributed by atoms with Gasteiger partial charge in [0.1, 0.15) is 23.1 Å². The third kappa shape index (κ3) is 77.7. The van der Waals surface area contributed by atoms with Gasteiger partial charge in [0.15, 0.2) is 0 Å². The molecule has 0 aromatic heterocycles. The number of ether oxygens (including phenoxy) is 5. The minimum absolute atomic E-state index is 0.0140. The summed E-state index contributed by atoms with van der Waals surface area (Å²) in [6.07, 6.45) is 14.6. The summed E-state index contributed by atoms with van der Waals surface area (Å²) in [6.45, 7) is 49.5. The number of aliphatic carboxylic acids is 2. The number of carboxylic acids is 2. The van der Waals surface area contributed by atoms with E-state index in [-0.39, 0.29) is 66.7 Å². The first kappa shape index (κ1) is 104. The smallest absolute Gasteiger partial charge is 0.342 e. The zero-order valence-electron chi connectivity index (χ0n) is 64.4. The van der Waals surface area contributed by atoms with Crippen LogP contribution in [-0.2, 0) is 81.4 Å². The number of hydrogen-bond donors (Lipinski definition) is 6. The summed E-state index contributed by atoms with van der Waals surface area (Å²) >= 11 is 0. The molecule has 6 N–H and O–H groups in total. The zero-order valence-corrected chi connectivity index (χ0v) is 64.4. The Hall–Kier alpha value is -5.30. The van der Waals surface area contributed by atoms with Gasteiger partial charge in [0.2, 0.25) is 0 Å². The lowest BCUT2D eigenvalue weighted by Gasteiger charge is -2.31. The quantitative estimate of drug-likeness (QED) is 0.0146. The molecule has 570 valence electrons. The summed E-state index contributed by atoms with van der Waals surface area (Å²) in [5.74, 6) is -1.33. The van der Waals surface area contributed by atoms with Crippen molar-refractivity contribution in [3.63, 3.8) is 0 Å². The predicted molar refractivity (Wildman–Crippen MR) is 374 cm³/mol. The Bertz CT molecular complexity index is 1940. The number of rotatable bonds is 27. The van der Waals surface area contributed by atoms with Crippen molar-refractivity contribution < 1.29 is 107 Å².